The standard InChI is InChI=1S/C18H18N2O3S/c1-3-14-4-8-16(9-5-14)20-24(21,22)17-10-6-15(7-11-17)18-12-19-13(2)23-18/h4-12,20H,3H2,1-2H3. The molecule has 0 aliphatic heterocycles. The van der Waals surface area contributed by atoms with Crippen LogP contribution < -0.4 is 4.72 Å². The molecule has 6 heteroatoms. The second kappa shape index (κ2) is 6.49. The van der Waals surface area contributed by atoms with E-state index in [-0.39, 0.29) is 4.90 Å². The fourth-order valence-corrected chi connectivity index (χ4v) is 3.37. The topological polar surface area (TPSA) is 72.2 Å². The molecule has 0 radical (unpaired) electrons. The predicted molar refractivity (Wildman–Crippen MR) is 93.3 cm³/mol. The highest BCUT2D eigenvalue weighted by Gasteiger charge is 2.15. The van der Waals surface area contributed by atoms with Crippen molar-refractivity contribution in [3.8, 4) is 11.3 Å². The van der Waals surface area contributed by atoms with Gasteiger partial charge in [-0.2, -0.15) is 0 Å². The number of hydrogen-bond acceptors (Lipinski definition) is 4. The van der Waals surface area contributed by atoms with Crippen LogP contribution in [-0.4, -0.2) is 13.4 Å². The van der Waals surface area contributed by atoms with Gasteiger partial charge in [0.1, 0.15) is 0 Å². The molecule has 0 unspecified atom stereocenters. The third-order valence-corrected chi connectivity index (χ3v) is 5.08. The first-order chi connectivity index (χ1) is 11.5. The van der Waals surface area contributed by atoms with Gasteiger partial charge in [-0.1, -0.05) is 19.1 Å². The van der Waals surface area contributed by atoms with E-state index in [1.165, 1.54) is 0 Å². The Hall–Kier alpha value is -2.60. The Kier molecular flexibility index (Phi) is 4.40. The molecule has 0 aliphatic carbocycles. The van der Waals surface area contributed by atoms with Crippen LogP contribution in [0.4, 0.5) is 5.69 Å². The number of benzene rings is 2. The smallest absolute Gasteiger partial charge is 0.261 e. The van der Waals surface area contributed by atoms with E-state index >= 15 is 0 Å². The molecule has 1 N–H and O–H groups in total. The van der Waals surface area contributed by atoms with Crippen LogP contribution in [-0.2, 0) is 16.4 Å². The number of anilines is 1. The van der Waals surface area contributed by atoms with Crippen molar-refractivity contribution in [3.63, 3.8) is 0 Å². The Bertz CT molecular complexity index is 927. The minimum absolute atomic E-state index is 0.196. The highest BCUT2D eigenvalue weighted by atomic mass is 32.2. The number of aryl methyl sites for hydroxylation is 2. The fraction of sp³-hybridized carbons (Fsp3) is 0.167. The van der Waals surface area contributed by atoms with Crippen LogP contribution in [0.3, 0.4) is 0 Å². The molecule has 1 aromatic heterocycles. The van der Waals surface area contributed by atoms with Gasteiger partial charge < -0.3 is 4.42 Å². The van der Waals surface area contributed by atoms with Gasteiger partial charge in [0.15, 0.2) is 11.7 Å². The Morgan fingerprint density at radius 2 is 1.71 bits per heavy atom. The second-order valence-electron chi connectivity index (χ2n) is 5.42. The summed E-state index contributed by atoms with van der Waals surface area (Å²) < 4.78 is 32.9. The lowest BCUT2D eigenvalue weighted by molar-refractivity contribution is 0.534. The zero-order valence-electron chi connectivity index (χ0n) is 13.5. The quantitative estimate of drug-likeness (QED) is 0.760. The molecule has 0 aliphatic rings. The summed E-state index contributed by atoms with van der Waals surface area (Å²) in [7, 11) is -3.62. The Balaban J connectivity index is 1.81. The maximum Gasteiger partial charge on any atom is 0.261 e. The predicted octanol–water partition coefficient (Wildman–Crippen LogP) is 4.01. The van der Waals surface area contributed by atoms with Crippen molar-refractivity contribution in [2.24, 2.45) is 0 Å². The van der Waals surface area contributed by atoms with Crippen LogP contribution >= 0.6 is 0 Å². The number of sulfonamides is 1. The lowest BCUT2D eigenvalue weighted by Gasteiger charge is -2.09. The van der Waals surface area contributed by atoms with Crippen LogP contribution in [0.1, 0.15) is 18.4 Å². The highest BCUT2D eigenvalue weighted by molar-refractivity contribution is 7.92. The molecule has 3 rings (SSSR count). The van der Waals surface area contributed by atoms with Gasteiger partial charge in [0.05, 0.1) is 11.1 Å². The van der Waals surface area contributed by atoms with Crippen molar-refractivity contribution in [1.29, 1.82) is 0 Å². The van der Waals surface area contributed by atoms with Crippen molar-refractivity contribution in [1.82, 2.24) is 4.98 Å². The van der Waals surface area contributed by atoms with E-state index in [4.69, 9.17) is 4.42 Å². The molecular formula is C18H18N2O3S. The fourth-order valence-electron chi connectivity index (χ4n) is 2.32. The molecule has 0 fully saturated rings. The SMILES string of the molecule is CCc1ccc(NS(=O)(=O)c2ccc(-c3cnc(C)o3)cc2)cc1. The first kappa shape index (κ1) is 16.3. The van der Waals surface area contributed by atoms with Gasteiger partial charge in [-0.3, -0.25) is 4.72 Å². The second-order valence-corrected chi connectivity index (χ2v) is 7.11. The van der Waals surface area contributed by atoms with Gasteiger partial charge in [-0.25, -0.2) is 13.4 Å². The van der Waals surface area contributed by atoms with E-state index in [1.807, 2.05) is 12.1 Å². The van der Waals surface area contributed by atoms with Gasteiger partial charge in [0.25, 0.3) is 10.0 Å². The molecule has 1 heterocycles. The summed E-state index contributed by atoms with van der Waals surface area (Å²) in [4.78, 5) is 4.23. The molecule has 2 aromatic carbocycles. The third kappa shape index (κ3) is 3.49. The lowest BCUT2D eigenvalue weighted by atomic mass is 10.2. The summed E-state index contributed by atoms with van der Waals surface area (Å²) in [6.45, 7) is 3.81. The summed E-state index contributed by atoms with van der Waals surface area (Å²) in [6.07, 6.45) is 2.53. The van der Waals surface area contributed by atoms with Crippen LogP contribution in [0.25, 0.3) is 11.3 Å². The number of hydrogen-bond donors (Lipinski definition) is 1. The zero-order chi connectivity index (χ0) is 17.2. The molecule has 0 saturated carbocycles. The van der Waals surface area contributed by atoms with E-state index in [9.17, 15) is 8.42 Å². The molecule has 124 valence electrons. The largest absolute Gasteiger partial charge is 0.441 e. The van der Waals surface area contributed by atoms with Crippen molar-refractivity contribution >= 4 is 15.7 Å². The van der Waals surface area contributed by atoms with Crippen LogP contribution in [0, 0.1) is 6.92 Å². The molecule has 0 atom stereocenters. The van der Waals surface area contributed by atoms with Crippen LogP contribution in [0.5, 0.6) is 0 Å². The molecule has 24 heavy (non-hydrogen) atoms. The monoisotopic (exact) mass is 342 g/mol. The van der Waals surface area contributed by atoms with E-state index in [1.54, 1.807) is 49.5 Å². The first-order valence-corrected chi connectivity index (χ1v) is 9.11. The van der Waals surface area contributed by atoms with Gasteiger partial charge in [-0.05, 0) is 48.4 Å². The summed E-state index contributed by atoms with van der Waals surface area (Å²) in [5.41, 5.74) is 2.48. The first-order valence-electron chi connectivity index (χ1n) is 7.62. The minimum Gasteiger partial charge on any atom is -0.441 e. The Morgan fingerprint density at radius 1 is 1.04 bits per heavy atom. The van der Waals surface area contributed by atoms with Crippen molar-refractivity contribution in [2.45, 2.75) is 25.2 Å². The van der Waals surface area contributed by atoms with Crippen molar-refractivity contribution in [2.75, 3.05) is 4.72 Å². The lowest BCUT2D eigenvalue weighted by Crippen LogP contribution is -2.12. The van der Waals surface area contributed by atoms with E-state index < -0.39 is 10.0 Å². The average Bonchev–Trinajstić information content (AvgIpc) is 3.02. The normalized spacial score (nSPS) is 11.4. The van der Waals surface area contributed by atoms with Gasteiger partial charge in [0, 0.05) is 18.2 Å². The minimum atomic E-state index is -3.62. The van der Waals surface area contributed by atoms with Gasteiger partial charge in [0.2, 0.25) is 0 Å². The number of nitrogens with one attached hydrogen (secondary N) is 1. The summed E-state index contributed by atoms with van der Waals surface area (Å²) in [6, 6.07) is 13.9. The van der Waals surface area contributed by atoms with Crippen LogP contribution in [0.15, 0.2) is 64.0 Å². The van der Waals surface area contributed by atoms with Crippen LogP contribution in [0.2, 0.25) is 0 Å². The molecule has 0 amide bonds. The van der Waals surface area contributed by atoms with E-state index in [0.29, 0.717) is 17.3 Å². The molecule has 5 nitrogen and oxygen atoms in total. The molecule has 0 saturated heterocycles. The molecular weight excluding hydrogens is 324 g/mol. The maximum absolute atomic E-state index is 12.5. The van der Waals surface area contributed by atoms with Gasteiger partial charge >= 0.3 is 0 Å². The van der Waals surface area contributed by atoms with Crippen molar-refractivity contribution < 1.29 is 12.8 Å². The molecule has 0 bridgehead atoms. The summed E-state index contributed by atoms with van der Waals surface area (Å²) in [5.74, 6) is 1.18. The number of rotatable bonds is 5. The summed E-state index contributed by atoms with van der Waals surface area (Å²) in [5, 5.41) is 0. The summed E-state index contributed by atoms with van der Waals surface area (Å²) >= 11 is 0. The van der Waals surface area contributed by atoms with E-state index in [2.05, 4.69) is 16.6 Å². The van der Waals surface area contributed by atoms with Gasteiger partial charge in [-0.15, -0.1) is 0 Å². The molecule has 0 spiro atoms. The number of nitrogens with zero attached hydrogens (tertiary/aromatic N) is 1. The number of aromatic nitrogens is 1. The Labute approximate surface area is 141 Å². The van der Waals surface area contributed by atoms with Crippen molar-refractivity contribution in [3.05, 3.63) is 66.2 Å². The molecule has 3 aromatic rings. The number of oxazole rings is 1. The maximum atomic E-state index is 12.5. The Morgan fingerprint density at radius 3 is 2.25 bits per heavy atom. The third-order valence-electron chi connectivity index (χ3n) is 3.68. The zero-order valence-corrected chi connectivity index (χ0v) is 14.3. The van der Waals surface area contributed by atoms with E-state index in [0.717, 1.165) is 17.5 Å². The average molecular weight is 342 g/mol. The highest BCUT2D eigenvalue weighted by Crippen LogP contribution is 2.23.